The molecule has 0 heterocycles. The molecule has 0 radical (unpaired) electrons. The number of carbonyl (C=O) groups is 1. The van der Waals surface area contributed by atoms with Crippen LogP contribution in [0.25, 0.3) is 0 Å². The summed E-state index contributed by atoms with van der Waals surface area (Å²) < 4.78 is 0. The summed E-state index contributed by atoms with van der Waals surface area (Å²) in [5.41, 5.74) is 2.60. The molecular weight excluding hydrogens is 148 g/mol. The molecule has 0 saturated heterocycles. The van der Waals surface area contributed by atoms with Gasteiger partial charge >= 0.3 is 0 Å². The maximum Gasteiger partial charge on any atom is 0.143 e. The second-order valence-electron chi connectivity index (χ2n) is 3.41. The third kappa shape index (κ3) is 3.04. The second-order valence-corrected chi connectivity index (χ2v) is 3.41. The van der Waals surface area contributed by atoms with Crippen molar-refractivity contribution < 1.29 is 4.79 Å². The summed E-state index contributed by atoms with van der Waals surface area (Å²) in [5, 5.41) is 0. The highest BCUT2D eigenvalue weighted by Gasteiger charge is 2.04. The molecule has 1 rings (SSSR count). The average molecular weight is 164 g/mol. The van der Waals surface area contributed by atoms with Gasteiger partial charge < -0.3 is 0 Å². The molecule has 12 heavy (non-hydrogen) atoms. The number of hydrogen-bond donors (Lipinski definition) is 0. The predicted molar refractivity (Wildman–Crippen MR) is 51.0 cm³/mol. The van der Waals surface area contributed by atoms with Gasteiger partial charge in [-0.25, -0.2) is 0 Å². The first kappa shape index (κ1) is 9.24. The molecule has 1 aliphatic carbocycles. The van der Waals surface area contributed by atoms with Crippen molar-refractivity contribution in [3.8, 4) is 0 Å². The summed E-state index contributed by atoms with van der Waals surface area (Å²) >= 11 is 0. The lowest BCUT2D eigenvalue weighted by Gasteiger charge is -2.13. The summed E-state index contributed by atoms with van der Waals surface area (Å²) in [6, 6.07) is 0. The van der Waals surface area contributed by atoms with E-state index in [1.807, 2.05) is 6.92 Å². The molecule has 0 bridgehead atoms. The van der Waals surface area contributed by atoms with Gasteiger partial charge in [-0.3, -0.25) is 4.79 Å². The van der Waals surface area contributed by atoms with Crippen LogP contribution < -0.4 is 0 Å². The quantitative estimate of drug-likeness (QED) is 0.453. The SMILES string of the molecule is C/C(C=C1CCCCC1)=C\C=O. The van der Waals surface area contributed by atoms with E-state index in [1.54, 1.807) is 6.08 Å². The molecule has 0 amide bonds. The van der Waals surface area contributed by atoms with Crippen molar-refractivity contribution in [1.29, 1.82) is 0 Å². The second kappa shape index (κ2) is 4.91. The minimum atomic E-state index is 0.856. The van der Waals surface area contributed by atoms with Crippen molar-refractivity contribution in [2.45, 2.75) is 39.0 Å². The number of allylic oxidation sites excluding steroid dienone is 4. The van der Waals surface area contributed by atoms with Gasteiger partial charge in [0.15, 0.2) is 0 Å². The van der Waals surface area contributed by atoms with Gasteiger partial charge in [-0.15, -0.1) is 0 Å². The van der Waals surface area contributed by atoms with E-state index in [0.717, 1.165) is 11.9 Å². The molecule has 1 fully saturated rings. The topological polar surface area (TPSA) is 17.1 Å². The molecule has 0 unspecified atom stereocenters. The van der Waals surface area contributed by atoms with Crippen LogP contribution in [-0.4, -0.2) is 6.29 Å². The fourth-order valence-corrected chi connectivity index (χ4v) is 1.63. The summed E-state index contributed by atoms with van der Waals surface area (Å²) in [7, 11) is 0. The molecule has 0 aromatic carbocycles. The minimum absolute atomic E-state index is 0.856. The normalized spacial score (nSPS) is 19.1. The van der Waals surface area contributed by atoms with Crippen molar-refractivity contribution in [2.24, 2.45) is 0 Å². The van der Waals surface area contributed by atoms with Crippen LogP contribution in [-0.2, 0) is 4.79 Å². The van der Waals surface area contributed by atoms with E-state index in [1.165, 1.54) is 37.7 Å². The van der Waals surface area contributed by atoms with Crippen molar-refractivity contribution in [2.75, 3.05) is 0 Å². The maximum atomic E-state index is 10.2. The maximum absolute atomic E-state index is 10.2. The van der Waals surface area contributed by atoms with Crippen LogP contribution in [0.4, 0.5) is 0 Å². The molecule has 66 valence electrons. The molecule has 0 aromatic rings. The first-order valence-electron chi connectivity index (χ1n) is 4.64. The van der Waals surface area contributed by atoms with E-state index in [-0.39, 0.29) is 0 Å². The Morgan fingerprint density at radius 2 is 1.92 bits per heavy atom. The first-order chi connectivity index (χ1) is 5.83. The lowest BCUT2D eigenvalue weighted by Crippen LogP contribution is -1.93. The zero-order chi connectivity index (χ0) is 8.81. The van der Waals surface area contributed by atoms with Gasteiger partial charge in [-0.1, -0.05) is 18.1 Å². The first-order valence-corrected chi connectivity index (χ1v) is 4.64. The highest BCUT2D eigenvalue weighted by Crippen LogP contribution is 2.23. The Labute approximate surface area is 74.2 Å². The number of rotatable bonds is 2. The Balaban J connectivity index is 2.53. The van der Waals surface area contributed by atoms with Gasteiger partial charge in [0.1, 0.15) is 6.29 Å². The van der Waals surface area contributed by atoms with E-state index in [4.69, 9.17) is 0 Å². The highest BCUT2D eigenvalue weighted by atomic mass is 16.1. The summed E-state index contributed by atoms with van der Waals surface area (Å²) in [6.45, 7) is 1.98. The van der Waals surface area contributed by atoms with Crippen molar-refractivity contribution in [3.63, 3.8) is 0 Å². The molecule has 0 aromatic heterocycles. The molecular formula is C11H16O. The lowest BCUT2D eigenvalue weighted by atomic mass is 9.93. The van der Waals surface area contributed by atoms with Gasteiger partial charge in [0.05, 0.1) is 0 Å². The Morgan fingerprint density at radius 1 is 1.25 bits per heavy atom. The van der Waals surface area contributed by atoms with Crippen LogP contribution in [0.3, 0.4) is 0 Å². The number of carbonyl (C=O) groups excluding carboxylic acids is 1. The zero-order valence-electron chi connectivity index (χ0n) is 7.68. The molecule has 0 spiro atoms. The lowest BCUT2D eigenvalue weighted by molar-refractivity contribution is -0.104. The fourth-order valence-electron chi connectivity index (χ4n) is 1.63. The third-order valence-electron chi connectivity index (χ3n) is 2.26. The van der Waals surface area contributed by atoms with Crippen LogP contribution in [0, 0.1) is 0 Å². The minimum Gasteiger partial charge on any atom is -0.299 e. The third-order valence-corrected chi connectivity index (χ3v) is 2.26. The summed E-state index contributed by atoms with van der Waals surface area (Å²) in [5.74, 6) is 0. The average Bonchev–Trinajstić information content (AvgIpc) is 2.06. The fraction of sp³-hybridized carbons (Fsp3) is 0.545. The van der Waals surface area contributed by atoms with E-state index >= 15 is 0 Å². The Morgan fingerprint density at radius 3 is 2.50 bits per heavy atom. The monoisotopic (exact) mass is 164 g/mol. The zero-order valence-corrected chi connectivity index (χ0v) is 7.68. The summed E-state index contributed by atoms with van der Waals surface area (Å²) in [6.07, 6.45) is 11.1. The van der Waals surface area contributed by atoms with Crippen molar-refractivity contribution >= 4 is 6.29 Å². The Kier molecular flexibility index (Phi) is 3.78. The van der Waals surface area contributed by atoms with Crippen LogP contribution in [0.1, 0.15) is 39.0 Å². The molecule has 0 N–H and O–H groups in total. The van der Waals surface area contributed by atoms with E-state index in [2.05, 4.69) is 6.08 Å². The summed E-state index contributed by atoms with van der Waals surface area (Å²) in [4.78, 5) is 10.2. The van der Waals surface area contributed by atoms with Crippen molar-refractivity contribution in [1.82, 2.24) is 0 Å². The van der Waals surface area contributed by atoms with Gasteiger partial charge in [-0.05, 0) is 44.3 Å². The Bertz CT molecular complexity index is 203. The Hall–Kier alpha value is -0.850. The number of aldehydes is 1. The van der Waals surface area contributed by atoms with Crippen LogP contribution in [0.2, 0.25) is 0 Å². The van der Waals surface area contributed by atoms with Crippen molar-refractivity contribution in [3.05, 3.63) is 23.3 Å². The van der Waals surface area contributed by atoms with Crippen LogP contribution in [0.5, 0.6) is 0 Å². The van der Waals surface area contributed by atoms with Gasteiger partial charge in [0.2, 0.25) is 0 Å². The van der Waals surface area contributed by atoms with Gasteiger partial charge in [-0.2, -0.15) is 0 Å². The van der Waals surface area contributed by atoms with E-state index < -0.39 is 0 Å². The van der Waals surface area contributed by atoms with Crippen LogP contribution in [0.15, 0.2) is 23.3 Å². The number of hydrogen-bond acceptors (Lipinski definition) is 1. The van der Waals surface area contributed by atoms with E-state index in [0.29, 0.717) is 0 Å². The molecule has 1 saturated carbocycles. The smallest absolute Gasteiger partial charge is 0.143 e. The predicted octanol–water partition coefficient (Wildman–Crippen LogP) is 3.02. The standard InChI is InChI=1S/C11H16O/c1-10(7-8-12)9-11-5-3-2-4-6-11/h7-9H,2-6H2,1H3/b10-7+. The van der Waals surface area contributed by atoms with Gasteiger partial charge in [0.25, 0.3) is 0 Å². The molecule has 1 heteroatoms. The largest absolute Gasteiger partial charge is 0.299 e. The van der Waals surface area contributed by atoms with Gasteiger partial charge in [0, 0.05) is 0 Å². The van der Waals surface area contributed by atoms with E-state index in [9.17, 15) is 4.79 Å². The molecule has 1 nitrogen and oxygen atoms in total. The highest BCUT2D eigenvalue weighted by molar-refractivity contribution is 5.67. The molecule has 0 atom stereocenters. The molecule has 0 aliphatic heterocycles. The molecule has 1 aliphatic rings. The van der Waals surface area contributed by atoms with Crippen LogP contribution >= 0.6 is 0 Å².